The number of benzene rings is 1. The normalized spacial score (nSPS) is 11.8. The topological polar surface area (TPSA) is 87.5 Å². The van der Waals surface area contributed by atoms with Crippen molar-refractivity contribution in [3.8, 4) is 0 Å². The van der Waals surface area contributed by atoms with E-state index in [1.807, 2.05) is 0 Å². The molecule has 0 fully saturated rings. The summed E-state index contributed by atoms with van der Waals surface area (Å²) in [6, 6.07) is 4.87. The Morgan fingerprint density at radius 3 is 2.48 bits per heavy atom. The highest BCUT2D eigenvalue weighted by Crippen LogP contribution is 2.23. The van der Waals surface area contributed by atoms with Crippen molar-refractivity contribution in [1.82, 2.24) is 9.62 Å². The van der Waals surface area contributed by atoms with Crippen LogP contribution in [0.4, 0.5) is 11.4 Å². The van der Waals surface area contributed by atoms with Crippen LogP contribution >= 0.6 is 0 Å². The highest BCUT2D eigenvalue weighted by atomic mass is 32.2. The summed E-state index contributed by atoms with van der Waals surface area (Å²) in [5, 5.41) is 3.18. The lowest BCUT2D eigenvalue weighted by Gasteiger charge is -2.18. The number of rotatable bonds is 9. The van der Waals surface area contributed by atoms with Gasteiger partial charge in [-0.05, 0) is 51.3 Å². The molecular weight excluding hydrogens is 288 g/mol. The smallest absolute Gasteiger partial charge is 0.242 e. The van der Waals surface area contributed by atoms with E-state index in [4.69, 9.17) is 5.73 Å². The van der Waals surface area contributed by atoms with E-state index in [9.17, 15) is 8.42 Å². The Bertz CT molecular complexity index is 542. The Hall–Kier alpha value is -1.31. The van der Waals surface area contributed by atoms with Crippen molar-refractivity contribution < 1.29 is 8.42 Å². The van der Waals surface area contributed by atoms with Crippen molar-refractivity contribution in [2.75, 3.05) is 44.3 Å². The van der Waals surface area contributed by atoms with Crippen molar-refractivity contribution in [3.05, 3.63) is 18.2 Å². The molecule has 0 aromatic heterocycles. The van der Waals surface area contributed by atoms with Gasteiger partial charge in [-0.2, -0.15) is 0 Å². The molecule has 0 bridgehead atoms. The van der Waals surface area contributed by atoms with E-state index in [0.717, 1.165) is 26.1 Å². The van der Waals surface area contributed by atoms with Gasteiger partial charge in [0.15, 0.2) is 0 Å². The highest BCUT2D eigenvalue weighted by Gasteiger charge is 2.16. The molecule has 0 saturated heterocycles. The fourth-order valence-corrected chi connectivity index (χ4v) is 3.02. The van der Waals surface area contributed by atoms with Crippen LogP contribution in [0.15, 0.2) is 23.1 Å². The quantitative estimate of drug-likeness (QED) is 0.473. The number of nitrogens with two attached hydrogens (primary N) is 1. The number of nitrogen functional groups attached to an aromatic ring is 1. The number of anilines is 2. The number of nitrogens with zero attached hydrogens (tertiary/aromatic N) is 1. The van der Waals surface area contributed by atoms with Gasteiger partial charge >= 0.3 is 0 Å². The molecule has 6 nitrogen and oxygen atoms in total. The zero-order chi connectivity index (χ0) is 15.9. The van der Waals surface area contributed by atoms with Gasteiger partial charge in [-0.25, -0.2) is 13.1 Å². The third-order valence-corrected chi connectivity index (χ3v) is 4.88. The summed E-state index contributed by atoms with van der Waals surface area (Å²) < 4.78 is 26.3. The van der Waals surface area contributed by atoms with Crippen LogP contribution in [-0.2, 0) is 10.0 Å². The number of sulfonamides is 1. The minimum Gasteiger partial charge on any atom is -0.399 e. The predicted octanol–water partition coefficient (Wildman–Crippen LogP) is 1.32. The Morgan fingerprint density at radius 2 is 1.90 bits per heavy atom. The van der Waals surface area contributed by atoms with Gasteiger partial charge in [-0.1, -0.05) is 13.8 Å². The second-order valence-corrected chi connectivity index (χ2v) is 6.63. The standard InChI is InChI=1S/C14H26N4O2S/c1-4-18(5-2)10-6-9-17-13-8-7-12(15)11-14(13)21(19,20)16-3/h7-8,11,16-17H,4-6,9-10,15H2,1-3H3. The second kappa shape index (κ2) is 8.21. The van der Waals surface area contributed by atoms with Gasteiger partial charge in [0.2, 0.25) is 10.0 Å². The zero-order valence-corrected chi connectivity index (χ0v) is 13.8. The van der Waals surface area contributed by atoms with Crippen LogP contribution in [0, 0.1) is 0 Å². The molecule has 1 rings (SSSR count). The molecule has 4 N–H and O–H groups in total. The molecule has 1 aromatic carbocycles. The summed E-state index contributed by atoms with van der Waals surface area (Å²) in [7, 11) is -2.13. The van der Waals surface area contributed by atoms with Crippen molar-refractivity contribution in [2.45, 2.75) is 25.2 Å². The summed E-state index contributed by atoms with van der Waals surface area (Å²) >= 11 is 0. The van der Waals surface area contributed by atoms with Gasteiger partial charge < -0.3 is 16.0 Å². The summed E-state index contributed by atoms with van der Waals surface area (Å²) in [5.74, 6) is 0. The second-order valence-electron chi connectivity index (χ2n) is 4.77. The van der Waals surface area contributed by atoms with Crippen LogP contribution in [0.3, 0.4) is 0 Å². The first kappa shape index (κ1) is 17.7. The molecule has 0 radical (unpaired) electrons. The monoisotopic (exact) mass is 314 g/mol. The van der Waals surface area contributed by atoms with Crippen molar-refractivity contribution in [3.63, 3.8) is 0 Å². The van der Waals surface area contributed by atoms with Crippen LogP contribution in [-0.4, -0.2) is 46.5 Å². The maximum atomic E-state index is 12.0. The summed E-state index contributed by atoms with van der Waals surface area (Å²) in [6.45, 7) is 8.02. The molecule has 120 valence electrons. The average molecular weight is 314 g/mol. The Labute approximate surface area is 127 Å². The fourth-order valence-electron chi connectivity index (χ4n) is 2.08. The number of hydrogen-bond acceptors (Lipinski definition) is 5. The van der Waals surface area contributed by atoms with Crippen LogP contribution in [0.5, 0.6) is 0 Å². The molecule has 0 amide bonds. The molecule has 0 heterocycles. The van der Waals surface area contributed by atoms with E-state index in [-0.39, 0.29) is 4.90 Å². The van der Waals surface area contributed by atoms with E-state index in [1.54, 1.807) is 12.1 Å². The van der Waals surface area contributed by atoms with E-state index in [2.05, 4.69) is 28.8 Å². The maximum Gasteiger partial charge on any atom is 0.242 e. The first-order valence-electron chi connectivity index (χ1n) is 7.23. The third-order valence-electron chi connectivity index (χ3n) is 3.42. The summed E-state index contributed by atoms with van der Waals surface area (Å²) in [5.41, 5.74) is 6.69. The predicted molar refractivity (Wildman–Crippen MR) is 88.0 cm³/mol. The van der Waals surface area contributed by atoms with Gasteiger partial charge in [0.05, 0.1) is 5.69 Å². The fraction of sp³-hybridized carbons (Fsp3) is 0.571. The molecule has 0 aliphatic rings. The molecule has 0 saturated carbocycles. The molecule has 0 aliphatic heterocycles. The van der Waals surface area contributed by atoms with Gasteiger partial charge in [0.1, 0.15) is 4.90 Å². The maximum absolute atomic E-state index is 12.0. The molecule has 0 atom stereocenters. The minimum atomic E-state index is -3.52. The number of nitrogens with one attached hydrogen (secondary N) is 2. The zero-order valence-electron chi connectivity index (χ0n) is 13.0. The van der Waals surface area contributed by atoms with Gasteiger partial charge in [0.25, 0.3) is 0 Å². The lowest BCUT2D eigenvalue weighted by Crippen LogP contribution is -2.26. The van der Waals surface area contributed by atoms with E-state index in [0.29, 0.717) is 17.9 Å². The molecule has 1 aromatic rings. The SMILES string of the molecule is CCN(CC)CCCNc1ccc(N)cc1S(=O)(=O)NC. The van der Waals surface area contributed by atoms with Crippen molar-refractivity contribution in [1.29, 1.82) is 0 Å². The molecule has 0 unspecified atom stereocenters. The Morgan fingerprint density at radius 1 is 1.24 bits per heavy atom. The lowest BCUT2D eigenvalue weighted by molar-refractivity contribution is 0.303. The van der Waals surface area contributed by atoms with Gasteiger partial charge in [-0.15, -0.1) is 0 Å². The summed E-state index contributed by atoms with van der Waals surface area (Å²) in [6.07, 6.45) is 0.950. The Kier molecular flexibility index (Phi) is 6.94. The molecule has 21 heavy (non-hydrogen) atoms. The van der Waals surface area contributed by atoms with Crippen LogP contribution in [0.1, 0.15) is 20.3 Å². The van der Waals surface area contributed by atoms with Crippen molar-refractivity contribution in [2.24, 2.45) is 0 Å². The van der Waals surface area contributed by atoms with E-state index in [1.165, 1.54) is 13.1 Å². The van der Waals surface area contributed by atoms with Gasteiger partial charge in [0, 0.05) is 12.2 Å². The first-order chi connectivity index (χ1) is 9.94. The van der Waals surface area contributed by atoms with Crippen LogP contribution < -0.4 is 15.8 Å². The van der Waals surface area contributed by atoms with Crippen LogP contribution in [0.25, 0.3) is 0 Å². The van der Waals surface area contributed by atoms with E-state index >= 15 is 0 Å². The minimum absolute atomic E-state index is 0.188. The Balaban J connectivity index is 2.72. The molecule has 7 heteroatoms. The molecule has 0 spiro atoms. The summed E-state index contributed by atoms with van der Waals surface area (Å²) in [4.78, 5) is 2.52. The van der Waals surface area contributed by atoms with E-state index < -0.39 is 10.0 Å². The number of hydrogen-bond donors (Lipinski definition) is 3. The average Bonchev–Trinajstić information content (AvgIpc) is 2.48. The van der Waals surface area contributed by atoms with Crippen molar-refractivity contribution >= 4 is 21.4 Å². The molecule has 0 aliphatic carbocycles. The lowest BCUT2D eigenvalue weighted by atomic mass is 10.2. The first-order valence-corrected chi connectivity index (χ1v) is 8.72. The largest absolute Gasteiger partial charge is 0.399 e. The highest BCUT2D eigenvalue weighted by molar-refractivity contribution is 7.89. The van der Waals surface area contributed by atoms with Gasteiger partial charge in [-0.3, -0.25) is 0 Å². The molecular formula is C14H26N4O2S. The van der Waals surface area contributed by atoms with Crippen LogP contribution in [0.2, 0.25) is 0 Å². The third kappa shape index (κ3) is 5.18.